The number of nitrogens with zero attached hydrogens (tertiary/aromatic N) is 2. The van der Waals surface area contributed by atoms with Crippen molar-refractivity contribution in [1.82, 2.24) is 9.78 Å². The van der Waals surface area contributed by atoms with Gasteiger partial charge in [0.15, 0.2) is 9.84 Å². The zero-order valence-electron chi connectivity index (χ0n) is 12.0. The SMILES string of the molecule is CCS(=O)(=O)CC(C)Nc1cccc(Cl)c1-n1cccn1. The maximum atomic E-state index is 11.7. The first-order valence-corrected chi connectivity index (χ1v) is 8.88. The van der Waals surface area contributed by atoms with Gasteiger partial charge in [0.05, 0.1) is 16.5 Å². The van der Waals surface area contributed by atoms with Crippen LogP contribution in [0.2, 0.25) is 5.02 Å². The Bertz CT molecular complexity index is 699. The zero-order valence-corrected chi connectivity index (χ0v) is 13.5. The highest BCUT2D eigenvalue weighted by molar-refractivity contribution is 7.91. The Labute approximate surface area is 129 Å². The van der Waals surface area contributed by atoms with Crippen molar-refractivity contribution in [2.24, 2.45) is 0 Å². The van der Waals surface area contributed by atoms with Crippen LogP contribution in [0.4, 0.5) is 5.69 Å². The third-order valence-corrected chi connectivity index (χ3v) is 5.26. The summed E-state index contributed by atoms with van der Waals surface area (Å²) in [5, 5.41) is 7.94. The van der Waals surface area contributed by atoms with Gasteiger partial charge in [-0.05, 0) is 25.1 Å². The van der Waals surface area contributed by atoms with E-state index in [4.69, 9.17) is 11.6 Å². The second-order valence-electron chi connectivity index (χ2n) is 4.83. The fourth-order valence-corrected chi connectivity index (χ4v) is 3.41. The maximum Gasteiger partial charge on any atom is 0.152 e. The zero-order chi connectivity index (χ0) is 15.5. The van der Waals surface area contributed by atoms with Crippen molar-refractivity contribution < 1.29 is 8.42 Å². The number of hydrogen-bond donors (Lipinski definition) is 1. The van der Waals surface area contributed by atoms with Crippen molar-refractivity contribution in [2.45, 2.75) is 19.9 Å². The van der Waals surface area contributed by atoms with E-state index in [2.05, 4.69) is 10.4 Å². The summed E-state index contributed by atoms with van der Waals surface area (Å²) in [5.74, 6) is 0.217. The van der Waals surface area contributed by atoms with Gasteiger partial charge in [-0.3, -0.25) is 0 Å². The third-order valence-electron chi connectivity index (χ3n) is 3.07. The standard InChI is InChI=1S/C14H18ClN3O2S/c1-3-21(19,20)10-11(2)17-13-7-4-6-12(15)14(13)18-9-5-8-16-18/h4-9,11,17H,3,10H2,1-2H3. The van der Waals surface area contributed by atoms with E-state index in [1.807, 2.05) is 19.1 Å². The van der Waals surface area contributed by atoms with Crippen LogP contribution in [0.25, 0.3) is 5.69 Å². The van der Waals surface area contributed by atoms with Gasteiger partial charge in [-0.2, -0.15) is 5.10 Å². The quantitative estimate of drug-likeness (QED) is 0.886. The Balaban J connectivity index is 2.27. The Hall–Kier alpha value is -1.53. The molecule has 1 unspecified atom stereocenters. The highest BCUT2D eigenvalue weighted by Crippen LogP contribution is 2.28. The lowest BCUT2D eigenvalue weighted by Crippen LogP contribution is -2.27. The molecular formula is C14H18ClN3O2S. The first-order valence-electron chi connectivity index (χ1n) is 6.68. The van der Waals surface area contributed by atoms with Crippen LogP contribution < -0.4 is 5.32 Å². The van der Waals surface area contributed by atoms with E-state index in [1.165, 1.54) is 0 Å². The van der Waals surface area contributed by atoms with Gasteiger partial charge in [-0.25, -0.2) is 13.1 Å². The molecule has 1 atom stereocenters. The van der Waals surface area contributed by atoms with Crippen molar-refractivity contribution in [3.05, 3.63) is 41.7 Å². The Kier molecular flexibility index (Phi) is 4.90. The fraction of sp³-hybridized carbons (Fsp3) is 0.357. The number of hydrogen-bond acceptors (Lipinski definition) is 4. The molecule has 5 nitrogen and oxygen atoms in total. The van der Waals surface area contributed by atoms with Gasteiger partial charge < -0.3 is 5.32 Å². The van der Waals surface area contributed by atoms with Crippen LogP contribution in [0, 0.1) is 0 Å². The maximum absolute atomic E-state index is 11.7. The molecule has 1 N–H and O–H groups in total. The number of halogens is 1. The van der Waals surface area contributed by atoms with E-state index in [0.29, 0.717) is 10.7 Å². The number of nitrogens with one attached hydrogen (secondary N) is 1. The lowest BCUT2D eigenvalue weighted by Gasteiger charge is -2.18. The molecule has 0 aliphatic rings. The Morgan fingerprint density at radius 2 is 2.14 bits per heavy atom. The summed E-state index contributed by atoms with van der Waals surface area (Å²) in [6.07, 6.45) is 3.46. The third kappa shape index (κ3) is 3.98. The van der Waals surface area contributed by atoms with E-state index in [9.17, 15) is 8.42 Å². The molecule has 1 heterocycles. The molecule has 1 aromatic heterocycles. The van der Waals surface area contributed by atoms with Gasteiger partial charge in [0.1, 0.15) is 5.69 Å². The molecule has 114 valence electrons. The highest BCUT2D eigenvalue weighted by atomic mass is 35.5. The summed E-state index contributed by atoms with van der Waals surface area (Å²) in [6.45, 7) is 3.48. The van der Waals surface area contributed by atoms with Gasteiger partial charge in [0.2, 0.25) is 0 Å². The number of sulfone groups is 1. The summed E-state index contributed by atoms with van der Waals surface area (Å²) in [5.41, 5.74) is 1.47. The van der Waals surface area contributed by atoms with Crippen molar-refractivity contribution in [1.29, 1.82) is 0 Å². The monoisotopic (exact) mass is 327 g/mol. The lowest BCUT2D eigenvalue weighted by molar-refractivity contribution is 0.593. The van der Waals surface area contributed by atoms with Crippen molar-refractivity contribution in [3.8, 4) is 5.69 Å². The van der Waals surface area contributed by atoms with Crippen molar-refractivity contribution in [3.63, 3.8) is 0 Å². The van der Waals surface area contributed by atoms with Gasteiger partial charge in [0, 0.05) is 24.2 Å². The van der Waals surface area contributed by atoms with E-state index in [1.54, 1.807) is 36.1 Å². The van der Waals surface area contributed by atoms with Gasteiger partial charge >= 0.3 is 0 Å². The minimum Gasteiger partial charge on any atom is -0.380 e. The molecule has 21 heavy (non-hydrogen) atoms. The molecule has 1 aromatic carbocycles. The molecule has 0 fully saturated rings. The largest absolute Gasteiger partial charge is 0.380 e. The van der Waals surface area contributed by atoms with E-state index < -0.39 is 9.84 Å². The van der Waals surface area contributed by atoms with Gasteiger partial charge in [0.25, 0.3) is 0 Å². The van der Waals surface area contributed by atoms with Crippen LogP contribution in [0.5, 0.6) is 0 Å². The first kappa shape index (κ1) is 15.9. The molecule has 7 heteroatoms. The van der Waals surface area contributed by atoms with E-state index >= 15 is 0 Å². The molecular weight excluding hydrogens is 310 g/mol. The highest BCUT2D eigenvalue weighted by Gasteiger charge is 2.16. The molecule has 0 saturated heterocycles. The van der Waals surface area contributed by atoms with Crippen molar-refractivity contribution in [2.75, 3.05) is 16.8 Å². The smallest absolute Gasteiger partial charge is 0.152 e. The average Bonchev–Trinajstić information content (AvgIpc) is 2.91. The minimum absolute atomic E-state index is 0.0779. The fourth-order valence-electron chi connectivity index (χ4n) is 2.07. The minimum atomic E-state index is -3.03. The molecule has 0 aliphatic heterocycles. The van der Waals surface area contributed by atoms with Crippen LogP contribution >= 0.6 is 11.6 Å². The number of benzene rings is 1. The van der Waals surface area contributed by atoms with E-state index in [0.717, 1.165) is 5.69 Å². The van der Waals surface area contributed by atoms with E-state index in [-0.39, 0.29) is 17.5 Å². The number of aromatic nitrogens is 2. The molecule has 0 aliphatic carbocycles. The number of para-hydroxylation sites is 1. The summed E-state index contributed by atoms with van der Waals surface area (Å²) < 4.78 is 25.1. The lowest BCUT2D eigenvalue weighted by atomic mass is 10.2. The predicted octanol–water partition coefficient (Wildman–Crippen LogP) is 2.76. The molecule has 0 spiro atoms. The average molecular weight is 328 g/mol. The molecule has 0 amide bonds. The predicted molar refractivity (Wildman–Crippen MR) is 86.0 cm³/mol. The molecule has 0 saturated carbocycles. The normalized spacial score (nSPS) is 13.1. The molecule has 2 rings (SSSR count). The second-order valence-corrected chi connectivity index (χ2v) is 7.64. The summed E-state index contributed by atoms with van der Waals surface area (Å²) >= 11 is 6.25. The molecule has 0 radical (unpaired) electrons. The van der Waals surface area contributed by atoms with Crippen LogP contribution in [0.1, 0.15) is 13.8 Å². The second kappa shape index (κ2) is 6.49. The van der Waals surface area contributed by atoms with Crippen LogP contribution in [0.15, 0.2) is 36.7 Å². The Morgan fingerprint density at radius 1 is 1.38 bits per heavy atom. The summed E-state index contributed by atoms with van der Waals surface area (Å²) in [6, 6.07) is 7.04. The summed E-state index contributed by atoms with van der Waals surface area (Å²) in [7, 11) is -3.03. The van der Waals surface area contributed by atoms with Gasteiger partial charge in [-0.15, -0.1) is 0 Å². The summed E-state index contributed by atoms with van der Waals surface area (Å²) in [4.78, 5) is 0. The number of rotatable bonds is 6. The van der Waals surface area contributed by atoms with Crippen LogP contribution in [-0.4, -0.2) is 35.7 Å². The number of anilines is 1. The Morgan fingerprint density at radius 3 is 2.76 bits per heavy atom. The van der Waals surface area contributed by atoms with Crippen molar-refractivity contribution >= 4 is 27.1 Å². The molecule has 2 aromatic rings. The molecule has 0 bridgehead atoms. The van der Waals surface area contributed by atoms with Crippen LogP contribution in [-0.2, 0) is 9.84 Å². The topological polar surface area (TPSA) is 64.0 Å². The van der Waals surface area contributed by atoms with Crippen LogP contribution in [0.3, 0.4) is 0 Å². The van der Waals surface area contributed by atoms with Gasteiger partial charge in [-0.1, -0.05) is 24.6 Å². The first-order chi connectivity index (χ1) is 9.93.